The fourth-order valence-corrected chi connectivity index (χ4v) is 3.87. The summed E-state index contributed by atoms with van der Waals surface area (Å²) >= 11 is 3.40. The quantitative estimate of drug-likeness (QED) is 0.233. The van der Waals surface area contributed by atoms with Crippen LogP contribution in [0.2, 0.25) is 0 Å². The van der Waals surface area contributed by atoms with Gasteiger partial charge in [-0.15, -0.1) is 0 Å². The number of ether oxygens (including phenoxy) is 3. The summed E-state index contributed by atoms with van der Waals surface area (Å²) in [6.07, 6.45) is 3.13. The van der Waals surface area contributed by atoms with Crippen molar-refractivity contribution >= 4 is 45.6 Å². The molecular formula is C25H29BrN4O6. The fraction of sp³-hybridized carbons (Fsp3) is 0.360. The predicted octanol–water partition coefficient (Wildman–Crippen LogP) is 2.92. The zero-order valence-electron chi connectivity index (χ0n) is 20.1. The van der Waals surface area contributed by atoms with Crippen LogP contribution in [0.4, 0.5) is 5.69 Å². The summed E-state index contributed by atoms with van der Waals surface area (Å²) in [5.41, 5.74) is 4.41. The Hall–Kier alpha value is -3.44. The van der Waals surface area contributed by atoms with Crippen molar-refractivity contribution in [3.8, 4) is 11.5 Å². The van der Waals surface area contributed by atoms with E-state index in [0.29, 0.717) is 36.0 Å². The van der Waals surface area contributed by atoms with Crippen molar-refractivity contribution in [3.05, 3.63) is 52.0 Å². The smallest absolute Gasteiger partial charge is 0.329 e. The molecular weight excluding hydrogens is 532 g/mol. The molecule has 11 heteroatoms. The predicted molar refractivity (Wildman–Crippen MR) is 138 cm³/mol. The summed E-state index contributed by atoms with van der Waals surface area (Å²) in [6, 6.07) is 10.5. The molecule has 1 saturated heterocycles. The molecule has 0 aliphatic carbocycles. The zero-order chi connectivity index (χ0) is 25.9. The van der Waals surface area contributed by atoms with Gasteiger partial charge in [-0.3, -0.25) is 14.4 Å². The molecule has 0 aromatic heterocycles. The summed E-state index contributed by atoms with van der Waals surface area (Å²) < 4.78 is 17.6. The Labute approximate surface area is 217 Å². The lowest BCUT2D eigenvalue weighted by atomic mass is 10.2. The minimum Gasteiger partial charge on any atom is -0.490 e. The monoisotopic (exact) mass is 560 g/mol. The number of amides is 3. The highest BCUT2D eigenvalue weighted by molar-refractivity contribution is 9.10. The van der Waals surface area contributed by atoms with Crippen LogP contribution in [0.25, 0.3) is 0 Å². The minimum atomic E-state index is -0.874. The number of nitrogens with one attached hydrogen (secondary N) is 3. The van der Waals surface area contributed by atoms with Gasteiger partial charge in [-0.25, -0.2) is 5.43 Å². The lowest BCUT2D eigenvalue weighted by Gasteiger charge is -2.13. The van der Waals surface area contributed by atoms with E-state index in [9.17, 15) is 14.4 Å². The molecule has 192 valence electrons. The molecule has 0 spiro atoms. The number of hydrazone groups is 1. The minimum absolute atomic E-state index is 0.0565. The maximum absolute atomic E-state index is 12.4. The molecule has 1 aliphatic heterocycles. The molecule has 10 nitrogen and oxygen atoms in total. The van der Waals surface area contributed by atoms with Crippen molar-refractivity contribution in [2.45, 2.75) is 32.8 Å². The van der Waals surface area contributed by atoms with Gasteiger partial charge < -0.3 is 24.8 Å². The van der Waals surface area contributed by atoms with Crippen molar-refractivity contribution in [2.24, 2.45) is 5.10 Å². The van der Waals surface area contributed by atoms with Gasteiger partial charge >= 0.3 is 11.8 Å². The Morgan fingerprint density at radius 2 is 1.97 bits per heavy atom. The number of benzene rings is 2. The summed E-state index contributed by atoms with van der Waals surface area (Å²) in [6.45, 7) is 4.85. The van der Waals surface area contributed by atoms with Gasteiger partial charge in [0.25, 0.3) is 5.91 Å². The average Bonchev–Trinajstić information content (AvgIpc) is 3.37. The van der Waals surface area contributed by atoms with Crippen LogP contribution in [0.5, 0.6) is 11.5 Å². The van der Waals surface area contributed by atoms with Gasteiger partial charge in [-0.05, 0) is 74.2 Å². The van der Waals surface area contributed by atoms with E-state index in [-0.39, 0.29) is 25.2 Å². The number of carbonyl (C=O) groups excluding carboxylic acids is 3. The number of nitrogens with zero attached hydrogens (tertiary/aromatic N) is 1. The standard InChI is InChI=1S/C25H29BrN4O6/c1-3-34-22-12-17(13-28-30-25(33)24(32)27-14-19-5-4-10-35-19)6-9-21(22)36-15-23(31)29-20-8-7-18(26)11-16(20)2/h6-9,11-13,19H,3-5,10,14-15H2,1-2H3,(H,27,32)(H,29,31)(H,30,33)/b28-13-/t19-/m1/s1. The second kappa shape index (κ2) is 13.6. The summed E-state index contributed by atoms with van der Waals surface area (Å²) in [5.74, 6) is -1.17. The molecule has 1 aliphatic rings. The molecule has 1 fully saturated rings. The average molecular weight is 561 g/mol. The maximum atomic E-state index is 12.4. The number of anilines is 1. The van der Waals surface area contributed by atoms with Crippen molar-refractivity contribution < 1.29 is 28.6 Å². The molecule has 3 N–H and O–H groups in total. The van der Waals surface area contributed by atoms with Crippen LogP contribution in [0, 0.1) is 6.92 Å². The fourth-order valence-electron chi connectivity index (χ4n) is 3.40. The molecule has 0 unspecified atom stereocenters. The van der Waals surface area contributed by atoms with Gasteiger partial charge in [-0.1, -0.05) is 15.9 Å². The molecule has 0 saturated carbocycles. The Kier molecular flexibility index (Phi) is 10.3. The van der Waals surface area contributed by atoms with Crippen LogP contribution in [0.3, 0.4) is 0 Å². The molecule has 0 bridgehead atoms. The molecule has 36 heavy (non-hydrogen) atoms. The van der Waals surface area contributed by atoms with Crippen molar-refractivity contribution in [3.63, 3.8) is 0 Å². The highest BCUT2D eigenvalue weighted by Gasteiger charge is 2.19. The van der Waals surface area contributed by atoms with Crippen LogP contribution in [-0.4, -0.2) is 56.4 Å². The summed E-state index contributed by atoms with van der Waals surface area (Å²) in [7, 11) is 0. The second-order valence-electron chi connectivity index (χ2n) is 7.98. The maximum Gasteiger partial charge on any atom is 0.329 e. The Balaban J connectivity index is 1.52. The number of rotatable bonds is 10. The van der Waals surface area contributed by atoms with Crippen LogP contribution in [-0.2, 0) is 19.1 Å². The van der Waals surface area contributed by atoms with Crippen molar-refractivity contribution in [1.82, 2.24) is 10.7 Å². The Morgan fingerprint density at radius 3 is 2.69 bits per heavy atom. The first-order valence-corrected chi connectivity index (χ1v) is 12.3. The van der Waals surface area contributed by atoms with Gasteiger partial charge in [0.05, 0.1) is 18.9 Å². The third-order valence-electron chi connectivity index (χ3n) is 5.19. The van der Waals surface area contributed by atoms with E-state index in [0.717, 1.165) is 22.9 Å². The third kappa shape index (κ3) is 8.35. The summed E-state index contributed by atoms with van der Waals surface area (Å²) in [4.78, 5) is 36.1. The van der Waals surface area contributed by atoms with Crippen molar-refractivity contribution in [2.75, 3.05) is 31.7 Å². The SMILES string of the molecule is CCOc1cc(/C=N\NC(=O)C(=O)NC[C@H]2CCCO2)ccc1OCC(=O)Nc1ccc(Br)cc1C. The van der Waals surface area contributed by atoms with E-state index in [4.69, 9.17) is 14.2 Å². The Bertz CT molecular complexity index is 1120. The number of carbonyl (C=O) groups is 3. The van der Waals surface area contributed by atoms with E-state index in [1.54, 1.807) is 18.2 Å². The largest absolute Gasteiger partial charge is 0.490 e. The van der Waals surface area contributed by atoms with Gasteiger partial charge in [-0.2, -0.15) is 5.10 Å². The first kappa shape index (κ1) is 27.2. The molecule has 3 amide bonds. The molecule has 2 aromatic rings. The molecule has 0 radical (unpaired) electrons. The lowest BCUT2D eigenvalue weighted by Crippen LogP contribution is -2.41. The van der Waals surface area contributed by atoms with Crippen LogP contribution in [0.1, 0.15) is 30.9 Å². The summed E-state index contributed by atoms with van der Waals surface area (Å²) in [5, 5.41) is 9.17. The number of halogens is 1. The van der Waals surface area contributed by atoms with Gasteiger partial charge in [0.2, 0.25) is 0 Å². The highest BCUT2D eigenvalue weighted by Crippen LogP contribution is 2.28. The highest BCUT2D eigenvalue weighted by atomic mass is 79.9. The normalized spacial score (nSPS) is 14.9. The molecule has 1 heterocycles. The van der Waals surface area contributed by atoms with Crippen LogP contribution < -0.4 is 25.5 Å². The van der Waals surface area contributed by atoms with Gasteiger partial charge in [0.15, 0.2) is 18.1 Å². The van der Waals surface area contributed by atoms with E-state index in [1.807, 2.05) is 32.0 Å². The van der Waals surface area contributed by atoms with E-state index >= 15 is 0 Å². The number of hydrogen-bond donors (Lipinski definition) is 3. The van der Waals surface area contributed by atoms with E-state index in [2.05, 4.69) is 37.1 Å². The third-order valence-corrected chi connectivity index (χ3v) is 5.68. The van der Waals surface area contributed by atoms with Crippen molar-refractivity contribution in [1.29, 1.82) is 0 Å². The first-order valence-electron chi connectivity index (χ1n) is 11.5. The molecule has 2 aromatic carbocycles. The van der Waals surface area contributed by atoms with E-state index < -0.39 is 11.8 Å². The second-order valence-corrected chi connectivity index (χ2v) is 8.90. The van der Waals surface area contributed by atoms with Crippen LogP contribution in [0.15, 0.2) is 46.0 Å². The first-order chi connectivity index (χ1) is 17.4. The number of hydrogen-bond acceptors (Lipinski definition) is 7. The van der Waals surface area contributed by atoms with Gasteiger partial charge in [0.1, 0.15) is 0 Å². The zero-order valence-corrected chi connectivity index (χ0v) is 21.7. The van der Waals surface area contributed by atoms with Crippen LogP contribution >= 0.6 is 15.9 Å². The lowest BCUT2D eigenvalue weighted by molar-refractivity contribution is -0.139. The molecule has 3 rings (SSSR count). The number of aryl methyl sites for hydroxylation is 1. The van der Waals surface area contributed by atoms with E-state index in [1.165, 1.54) is 6.21 Å². The topological polar surface area (TPSA) is 127 Å². The van der Waals surface area contributed by atoms with Gasteiger partial charge in [0, 0.05) is 23.3 Å². The molecule has 1 atom stereocenters. The Morgan fingerprint density at radius 1 is 1.14 bits per heavy atom.